The minimum atomic E-state index is -0.201. The maximum Gasteiger partial charge on any atom is 0.227 e. The molecule has 0 radical (unpaired) electrons. The van der Waals surface area contributed by atoms with Crippen molar-refractivity contribution in [2.75, 3.05) is 19.6 Å². The highest BCUT2D eigenvalue weighted by Crippen LogP contribution is 2.29. The van der Waals surface area contributed by atoms with Gasteiger partial charge in [0.2, 0.25) is 5.91 Å². The van der Waals surface area contributed by atoms with Gasteiger partial charge in [0.25, 0.3) is 0 Å². The van der Waals surface area contributed by atoms with E-state index in [-0.39, 0.29) is 24.1 Å². The number of hydrogen-bond donors (Lipinski definition) is 1. The van der Waals surface area contributed by atoms with Crippen molar-refractivity contribution in [1.29, 1.82) is 0 Å². The highest BCUT2D eigenvalue weighted by atomic mass is 35.5. The Bertz CT molecular complexity index is 501. The molecule has 1 saturated carbocycles. The minimum Gasteiger partial charge on any atom is -0.339 e. The molecule has 1 aromatic carbocycles. The predicted molar refractivity (Wildman–Crippen MR) is 87.7 cm³/mol. The molecule has 1 aliphatic carbocycles. The first-order valence-corrected chi connectivity index (χ1v) is 7.99. The smallest absolute Gasteiger partial charge is 0.227 e. The number of halogens is 2. The molecule has 22 heavy (non-hydrogen) atoms. The number of nitrogens with one attached hydrogen (secondary N) is 1. The molecule has 1 heterocycles. The van der Waals surface area contributed by atoms with Crippen LogP contribution >= 0.6 is 12.4 Å². The van der Waals surface area contributed by atoms with Crippen molar-refractivity contribution in [2.45, 2.75) is 38.1 Å². The van der Waals surface area contributed by atoms with E-state index in [1.54, 1.807) is 12.1 Å². The summed E-state index contributed by atoms with van der Waals surface area (Å²) in [5.41, 5.74) is 0.968. The maximum atomic E-state index is 13.2. The first kappa shape index (κ1) is 17.2. The predicted octanol–water partition coefficient (Wildman–Crippen LogP) is 2.78. The second kappa shape index (κ2) is 7.93. The van der Waals surface area contributed by atoms with Crippen LogP contribution in [0.25, 0.3) is 0 Å². The first-order valence-electron chi connectivity index (χ1n) is 7.99. The molecule has 0 bridgehead atoms. The summed E-state index contributed by atoms with van der Waals surface area (Å²) < 4.78 is 13.2. The molecule has 1 amide bonds. The molecule has 3 rings (SSSR count). The fourth-order valence-electron chi connectivity index (χ4n) is 3.10. The lowest BCUT2D eigenvalue weighted by Gasteiger charge is -2.30. The Hall–Kier alpha value is -1.13. The Morgan fingerprint density at radius 2 is 2.14 bits per heavy atom. The summed E-state index contributed by atoms with van der Waals surface area (Å²) in [6, 6.07) is 7.12. The Morgan fingerprint density at radius 3 is 2.77 bits per heavy atom. The third-order valence-corrected chi connectivity index (χ3v) is 4.45. The lowest BCUT2D eigenvalue weighted by molar-refractivity contribution is -0.136. The monoisotopic (exact) mass is 326 g/mol. The quantitative estimate of drug-likeness (QED) is 0.902. The van der Waals surface area contributed by atoms with Gasteiger partial charge < -0.3 is 10.2 Å². The summed E-state index contributed by atoms with van der Waals surface area (Å²) in [5.74, 6) is 0.223. The zero-order valence-electron chi connectivity index (χ0n) is 12.8. The van der Waals surface area contributed by atoms with Crippen molar-refractivity contribution in [2.24, 2.45) is 5.92 Å². The molecule has 1 atom stereocenters. The summed E-state index contributed by atoms with van der Waals surface area (Å²) in [6.45, 7) is 2.54. The Morgan fingerprint density at radius 1 is 1.32 bits per heavy atom. The van der Waals surface area contributed by atoms with Crippen LogP contribution in [0.1, 0.15) is 31.2 Å². The lowest BCUT2D eigenvalue weighted by atomic mass is 9.97. The number of hydrogen-bond acceptors (Lipinski definition) is 2. The number of nitrogens with zero attached hydrogens (tertiary/aromatic N) is 1. The van der Waals surface area contributed by atoms with E-state index in [4.69, 9.17) is 0 Å². The number of amides is 1. The average Bonchev–Trinajstić information content (AvgIpc) is 3.33. The highest BCUT2D eigenvalue weighted by molar-refractivity contribution is 5.85. The van der Waals surface area contributed by atoms with Crippen LogP contribution in [-0.2, 0) is 11.2 Å². The van der Waals surface area contributed by atoms with E-state index in [0.717, 1.165) is 50.8 Å². The fraction of sp³-hybridized carbons (Fsp3) is 0.588. The number of piperidine rings is 1. The van der Waals surface area contributed by atoms with Crippen LogP contribution in [0, 0.1) is 11.7 Å². The van der Waals surface area contributed by atoms with Crippen molar-refractivity contribution in [3.05, 3.63) is 35.6 Å². The van der Waals surface area contributed by atoms with E-state index >= 15 is 0 Å². The van der Waals surface area contributed by atoms with Crippen LogP contribution in [0.3, 0.4) is 0 Å². The summed E-state index contributed by atoms with van der Waals surface area (Å²) >= 11 is 0. The van der Waals surface area contributed by atoms with Gasteiger partial charge in [-0.1, -0.05) is 12.1 Å². The fourth-order valence-corrected chi connectivity index (χ4v) is 3.10. The van der Waals surface area contributed by atoms with Gasteiger partial charge in [-0.15, -0.1) is 12.4 Å². The first-order chi connectivity index (χ1) is 10.2. The normalized spacial score (nSPS) is 21.0. The van der Waals surface area contributed by atoms with Crippen LogP contribution in [0.2, 0.25) is 0 Å². The number of carbonyl (C=O) groups is 1. The molecule has 1 unspecified atom stereocenters. The molecule has 1 aromatic rings. The summed E-state index contributed by atoms with van der Waals surface area (Å²) in [7, 11) is 0. The molecule has 1 saturated heterocycles. The van der Waals surface area contributed by atoms with E-state index in [0.29, 0.717) is 18.5 Å². The zero-order chi connectivity index (χ0) is 14.7. The van der Waals surface area contributed by atoms with Crippen molar-refractivity contribution in [1.82, 2.24) is 10.2 Å². The lowest BCUT2D eigenvalue weighted by Crippen LogP contribution is -2.44. The standard InChI is InChI=1S/C17H23FN2O.ClH/c18-15-5-1-3-13(11-15)8-10-20(16-6-7-16)17(21)14-4-2-9-19-12-14;/h1,3,5,11,14,16,19H,2,4,6-10,12H2;1H. The van der Waals surface area contributed by atoms with Crippen molar-refractivity contribution in [3.8, 4) is 0 Å². The van der Waals surface area contributed by atoms with Crippen LogP contribution in [0.15, 0.2) is 24.3 Å². The van der Waals surface area contributed by atoms with Gasteiger partial charge in [-0.25, -0.2) is 4.39 Å². The highest BCUT2D eigenvalue weighted by Gasteiger charge is 2.35. The van der Waals surface area contributed by atoms with Crippen molar-refractivity contribution >= 4 is 18.3 Å². The molecule has 3 nitrogen and oxygen atoms in total. The number of benzene rings is 1. The summed E-state index contributed by atoms with van der Waals surface area (Å²) in [5, 5.41) is 3.31. The van der Waals surface area contributed by atoms with E-state index < -0.39 is 0 Å². The van der Waals surface area contributed by atoms with Gasteiger partial charge in [-0.2, -0.15) is 0 Å². The SMILES string of the molecule is Cl.O=C(C1CCCNC1)N(CCc1cccc(F)c1)C1CC1. The van der Waals surface area contributed by atoms with Crippen molar-refractivity contribution in [3.63, 3.8) is 0 Å². The minimum absolute atomic E-state index is 0. The zero-order valence-corrected chi connectivity index (χ0v) is 13.6. The van der Waals surface area contributed by atoms with Gasteiger partial charge in [0.15, 0.2) is 0 Å². The van der Waals surface area contributed by atoms with Gasteiger partial charge in [0, 0.05) is 19.1 Å². The van der Waals surface area contributed by atoms with E-state index in [9.17, 15) is 9.18 Å². The van der Waals surface area contributed by atoms with Gasteiger partial charge >= 0.3 is 0 Å². The van der Waals surface area contributed by atoms with Gasteiger partial charge in [0.05, 0.1) is 5.92 Å². The van der Waals surface area contributed by atoms with E-state index in [1.165, 1.54) is 6.07 Å². The second-order valence-corrected chi connectivity index (χ2v) is 6.19. The van der Waals surface area contributed by atoms with Crippen molar-refractivity contribution < 1.29 is 9.18 Å². The molecular weight excluding hydrogens is 303 g/mol. The van der Waals surface area contributed by atoms with Crippen LogP contribution < -0.4 is 5.32 Å². The molecule has 2 fully saturated rings. The number of rotatable bonds is 5. The molecule has 0 aromatic heterocycles. The molecule has 122 valence electrons. The second-order valence-electron chi connectivity index (χ2n) is 6.19. The third kappa shape index (κ3) is 4.43. The Labute approximate surface area is 137 Å². The number of carbonyl (C=O) groups excluding carboxylic acids is 1. The third-order valence-electron chi connectivity index (χ3n) is 4.45. The van der Waals surface area contributed by atoms with Gasteiger partial charge in [-0.3, -0.25) is 4.79 Å². The summed E-state index contributed by atoms with van der Waals surface area (Å²) in [6.07, 6.45) is 5.05. The van der Waals surface area contributed by atoms with Gasteiger partial charge in [0.1, 0.15) is 5.82 Å². The van der Waals surface area contributed by atoms with Crippen LogP contribution in [0.5, 0.6) is 0 Å². The molecule has 1 aliphatic heterocycles. The average molecular weight is 327 g/mol. The molecule has 2 aliphatic rings. The van der Waals surface area contributed by atoms with E-state index in [2.05, 4.69) is 5.32 Å². The molecular formula is C17H24ClFN2O. The van der Waals surface area contributed by atoms with Gasteiger partial charge in [-0.05, 0) is 56.3 Å². The van der Waals surface area contributed by atoms with E-state index in [1.807, 2.05) is 11.0 Å². The molecule has 0 spiro atoms. The maximum absolute atomic E-state index is 13.2. The van der Waals surface area contributed by atoms with Crippen LogP contribution in [0.4, 0.5) is 4.39 Å². The molecule has 5 heteroatoms. The topological polar surface area (TPSA) is 32.3 Å². The molecule has 1 N–H and O–H groups in total. The van der Waals surface area contributed by atoms with Crippen LogP contribution in [-0.4, -0.2) is 36.5 Å². The Kier molecular flexibility index (Phi) is 6.21. The Balaban J connectivity index is 0.00000176. The summed E-state index contributed by atoms with van der Waals surface area (Å²) in [4.78, 5) is 14.7. The largest absolute Gasteiger partial charge is 0.339 e.